The first-order valence-electron chi connectivity index (χ1n) is 5.23. The summed E-state index contributed by atoms with van der Waals surface area (Å²) in [6.07, 6.45) is 0.621. The topological polar surface area (TPSA) is 44.7 Å². The molecule has 0 bridgehead atoms. The van der Waals surface area contributed by atoms with Gasteiger partial charge in [-0.15, -0.1) is 0 Å². The molecular weight excluding hydrogens is 180 g/mol. The molecule has 0 aliphatic heterocycles. The van der Waals surface area contributed by atoms with Crippen molar-refractivity contribution in [3.8, 4) is 0 Å². The lowest BCUT2D eigenvalue weighted by Gasteiger charge is -2.16. The van der Waals surface area contributed by atoms with E-state index < -0.39 is 0 Å². The molecule has 0 aromatic carbocycles. The number of aliphatic hydroxyl groups excluding tert-OH is 1. The van der Waals surface area contributed by atoms with Crippen LogP contribution in [0.2, 0.25) is 0 Å². The lowest BCUT2D eigenvalue weighted by atomic mass is 10.3. The van der Waals surface area contributed by atoms with E-state index in [2.05, 4.69) is 17.3 Å². The Morgan fingerprint density at radius 3 is 2.64 bits per heavy atom. The fourth-order valence-electron chi connectivity index (χ4n) is 1.06. The van der Waals surface area contributed by atoms with Crippen LogP contribution in [0.4, 0.5) is 0 Å². The predicted octanol–water partition coefficient (Wildman–Crippen LogP) is -0.0749. The van der Waals surface area contributed by atoms with E-state index in [0.29, 0.717) is 0 Å². The summed E-state index contributed by atoms with van der Waals surface area (Å²) in [6, 6.07) is 0. The summed E-state index contributed by atoms with van der Waals surface area (Å²) in [6.45, 7) is 6.43. The second-order valence-corrected chi connectivity index (χ2v) is 3.68. The van der Waals surface area contributed by atoms with Gasteiger partial charge in [-0.25, -0.2) is 0 Å². The molecule has 0 saturated heterocycles. The molecule has 0 aliphatic rings. The van der Waals surface area contributed by atoms with Gasteiger partial charge in [-0.3, -0.25) is 0 Å². The Bertz CT molecular complexity index is 121. The van der Waals surface area contributed by atoms with E-state index in [4.69, 9.17) is 9.84 Å². The minimum absolute atomic E-state index is 0.200. The van der Waals surface area contributed by atoms with Gasteiger partial charge in [0, 0.05) is 26.7 Å². The van der Waals surface area contributed by atoms with Gasteiger partial charge < -0.3 is 20.1 Å². The molecular formula is C10H24N2O2. The molecule has 86 valence electrons. The van der Waals surface area contributed by atoms with E-state index >= 15 is 0 Å². The van der Waals surface area contributed by atoms with Crippen LogP contribution in [0.15, 0.2) is 0 Å². The van der Waals surface area contributed by atoms with Crippen LogP contribution in [0.25, 0.3) is 0 Å². The second-order valence-electron chi connectivity index (χ2n) is 3.68. The average molecular weight is 204 g/mol. The number of hydrogen-bond acceptors (Lipinski definition) is 4. The van der Waals surface area contributed by atoms with Crippen LogP contribution in [0, 0.1) is 0 Å². The summed E-state index contributed by atoms with van der Waals surface area (Å²) < 4.78 is 4.98. The van der Waals surface area contributed by atoms with E-state index in [0.717, 1.165) is 39.2 Å². The summed E-state index contributed by atoms with van der Waals surface area (Å²) >= 11 is 0. The van der Waals surface area contributed by atoms with E-state index in [9.17, 15) is 0 Å². The first-order chi connectivity index (χ1) is 6.66. The van der Waals surface area contributed by atoms with Crippen molar-refractivity contribution < 1.29 is 9.84 Å². The average Bonchev–Trinajstić information content (AvgIpc) is 2.13. The number of nitrogens with zero attached hydrogens (tertiary/aromatic N) is 1. The zero-order valence-corrected chi connectivity index (χ0v) is 9.62. The summed E-state index contributed by atoms with van der Waals surface area (Å²) in [4.78, 5) is 2.22. The molecule has 0 fully saturated rings. The molecule has 14 heavy (non-hydrogen) atoms. The van der Waals surface area contributed by atoms with Crippen LogP contribution in [-0.2, 0) is 4.74 Å². The molecule has 1 atom stereocenters. The molecule has 0 aliphatic carbocycles. The van der Waals surface area contributed by atoms with E-state index in [1.54, 1.807) is 7.11 Å². The van der Waals surface area contributed by atoms with Crippen molar-refractivity contribution in [3.63, 3.8) is 0 Å². The van der Waals surface area contributed by atoms with Gasteiger partial charge in [-0.1, -0.05) is 0 Å². The maximum absolute atomic E-state index is 9.01. The molecule has 4 heteroatoms. The van der Waals surface area contributed by atoms with Crippen molar-refractivity contribution in [1.82, 2.24) is 10.2 Å². The number of rotatable bonds is 9. The largest absolute Gasteiger partial charge is 0.393 e. The number of likely N-dealkylation sites (N-methyl/N-ethyl adjacent to an activating group) is 1. The van der Waals surface area contributed by atoms with Gasteiger partial charge in [0.2, 0.25) is 0 Å². The highest BCUT2D eigenvalue weighted by Crippen LogP contribution is 1.86. The quantitative estimate of drug-likeness (QED) is 0.516. The first kappa shape index (κ1) is 13.8. The fraction of sp³-hybridized carbons (Fsp3) is 1.00. The van der Waals surface area contributed by atoms with E-state index in [1.165, 1.54) is 0 Å². The molecule has 0 aromatic rings. The lowest BCUT2D eigenvalue weighted by Crippen LogP contribution is -2.32. The van der Waals surface area contributed by atoms with Gasteiger partial charge in [0.1, 0.15) is 0 Å². The van der Waals surface area contributed by atoms with E-state index in [-0.39, 0.29) is 6.10 Å². The van der Waals surface area contributed by atoms with Crippen LogP contribution < -0.4 is 5.32 Å². The predicted molar refractivity (Wildman–Crippen MR) is 58.5 cm³/mol. The lowest BCUT2D eigenvalue weighted by molar-refractivity contribution is 0.160. The minimum Gasteiger partial charge on any atom is -0.393 e. The maximum Gasteiger partial charge on any atom is 0.0589 e. The summed E-state index contributed by atoms with van der Waals surface area (Å²) in [5.74, 6) is 0. The molecule has 0 rings (SSSR count). The third-order valence-corrected chi connectivity index (χ3v) is 2.09. The summed E-state index contributed by atoms with van der Waals surface area (Å²) in [5.41, 5.74) is 0. The Morgan fingerprint density at radius 2 is 2.07 bits per heavy atom. The van der Waals surface area contributed by atoms with Gasteiger partial charge in [0.25, 0.3) is 0 Å². The molecule has 2 N–H and O–H groups in total. The molecule has 0 aromatic heterocycles. The first-order valence-corrected chi connectivity index (χ1v) is 5.23. The number of nitrogens with one attached hydrogen (secondary N) is 1. The Morgan fingerprint density at radius 1 is 1.36 bits per heavy atom. The molecule has 0 spiro atoms. The molecule has 1 unspecified atom stereocenters. The van der Waals surface area contributed by atoms with Crippen LogP contribution in [0.1, 0.15) is 13.3 Å². The minimum atomic E-state index is -0.200. The Kier molecular flexibility index (Phi) is 9.29. The number of ether oxygens (including phenoxy) is 1. The van der Waals surface area contributed by atoms with Crippen molar-refractivity contribution >= 4 is 0 Å². The Labute approximate surface area is 87.2 Å². The van der Waals surface area contributed by atoms with Crippen molar-refractivity contribution in [2.24, 2.45) is 0 Å². The molecule has 0 amide bonds. The normalized spacial score (nSPS) is 13.5. The van der Waals surface area contributed by atoms with Crippen molar-refractivity contribution in [1.29, 1.82) is 0 Å². The van der Waals surface area contributed by atoms with Crippen LogP contribution >= 0.6 is 0 Å². The number of methoxy groups -OCH3 is 1. The monoisotopic (exact) mass is 204 g/mol. The Hall–Kier alpha value is -0.160. The van der Waals surface area contributed by atoms with Crippen LogP contribution in [-0.4, -0.2) is 63.1 Å². The zero-order valence-electron chi connectivity index (χ0n) is 9.62. The van der Waals surface area contributed by atoms with Gasteiger partial charge in [0.15, 0.2) is 0 Å². The van der Waals surface area contributed by atoms with Crippen molar-refractivity contribution in [2.75, 3.05) is 46.9 Å². The standard InChI is InChI=1S/C10H24N2O2/c1-10(13)4-5-11-6-7-12(2)8-9-14-3/h10-11,13H,4-9H2,1-3H3. The SMILES string of the molecule is COCCN(C)CCNCCC(C)O. The van der Waals surface area contributed by atoms with E-state index in [1.807, 2.05) is 6.92 Å². The van der Waals surface area contributed by atoms with Gasteiger partial charge in [-0.05, 0) is 26.9 Å². The molecule has 0 saturated carbocycles. The number of hydrogen-bond donors (Lipinski definition) is 2. The maximum atomic E-state index is 9.01. The van der Waals surface area contributed by atoms with Crippen molar-refractivity contribution in [3.05, 3.63) is 0 Å². The fourth-order valence-corrected chi connectivity index (χ4v) is 1.06. The summed E-state index contributed by atoms with van der Waals surface area (Å²) in [7, 11) is 3.80. The highest BCUT2D eigenvalue weighted by atomic mass is 16.5. The zero-order chi connectivity index (χ0) is 10.8. The molecule has 0 heterocycles. The van der Waals surface area contributed by atoms with Crippen molar-refractivity contribution in [2.45, 2.75) is 19.4 Å². The van der Waals surface area contributed by atoms with Crippen LogP contribution in [0.3, 0.4) is 0 Å². The summed E-state index contributed by atoms with van der Waals surface area (Å²) in [5, 5.41) is 12.3. The molecule has 4 nitrogen and oxygen atoms in total. The van der Waals surface area contributed by atoms with Gasteiger partial charge in [0.05, 0.1) is 12.7 Å². The number of aliphatic hydroxyl groups is 1. The Balaban J connectivity index is 3.10. The highest BCUT2D eigenvalue weighted by Gasteiger charge is 1.97. The van der Waals surface area contributed by atoms with Gasteiger partial charge >= 0.3 is 0 Å². The third kappa shape index (κ3) is 9.92. The second kappa shape index (κ2) is 9.40. The van der Waals surface area contributed by atoms with Crippen LogP contribution in [0.5, 0.6) is 0 Å². The smallest absolute Gasteiger partial charge is 0.0589 e. The van der Waals surface area contributed by atoms with Gasteiger partial charge in [-0.2, -0.15) is 0 Å². The highest BCUT2D eigenvalue weighted by molar-refractivity contribution is 4.56. The molecule has 0 radical (unpaired) electrons. The third-order valence-electron chi connectivity index (χ3n) is 2.09.